The van der Waals surface area contributed by atoms with E-state index in [0.717, 1.165) is 0 Å². The van der Waals surface area contributed by atoms with Crippen LogP contribution in [0.5, 0.6) is 0 Å². The molecule has 0 aromatic heterocycles. The molecule has 0 aliphatic carbocycles. The third-order valence-electron chi connectivity index (χ3n) is 4.80. The first-order valence-electron chi connectivity index (χ1n) is 8.99. The topological polar surface area (TPSA) is 125 Å². The molecule has 8 nitrogen and oxygen atoms in total. The quantitative estimate of drug-likeness (QED) is 0.470. The summed E-state index contributed by atoms with van der Waals surface area (Å²) in [5, 5.41) is 16.1. The molecule has 1 aromatic rings. The van der Waals surface area contributed by atoms with E-state index in [1.807, 2.05) is 0 Å². The molecule has 4 amide bonds. The number of para-hydroxylation sites is 2. The van der Waals surface area contributed by atoms with Crippen molar-refractivity contribution in [2.75, 3.05) is 0 Å². The summed E-state index contributed by atoms with van der Waals surface area (Å²) in [4.78, 5) is 50.9. The van der Waals surface area contributed by atoms with Crippen molar-refractivity contribution >= 4 is 35.0 Å². The van der Waals surface area contributed by atoms with Crippen LogP contribution in [0.25, 0.3) is 21.3 Å². The van der Waals surface area contributed by atoms with E-state index in [-0.39, 0.29) is 34.9 Å². The number of carbonyl (C=O) groups is 4. The van der Waals surface area contributed by atoms with Gasteiger partial charge in [-0.2, -0.15) is 0 Å². The van der Waals surface area contributed by atoms with Gasteiger partial charge < -0.3 is 40.4 Å². The van der Waals surface area contributed by atoms with Crippen molar-refractivity contribution in [3.05, 3.63) is 45.5 Å². The van der Waals surface area contributed by atoms with Gasteiger partial charge in [-0.25, -0.2) is 0 Å². The van der Waals surface area contributed by atoms with Gasteiger partial charge in [0.2, 0.25) is 0 Å². The Morgan fingerprint density at radius 2 is 1.17 bits per heavy atom. The molecule has 1 aliphatic rings. The minimum absolute atomic E-state index is 0. The zero-order chi connectivity index (χ0) is 21.3. The number of carbonyl (C=O) groups excluding carboxylic acids is 4. The van der Waals surface area contributed by atoms with Gasteiger partial charge in [-0.1, -0.05) is 69.5 Å². The fourth-order valence-corrected chi connectivity index (χ4v) is 2.30. The SMILES string of the molecule is CCC1(C)[N-]C(=O)C(C)(C)C(=O)[N-]C(C)(C)C(=O)[N-]c2ccccc2[N-]C1=O.[Fe+4]. The van der Waals surface area contributed by atoms with Crippen molar-refractivity contribution in [1.29, 1.82) is 0 Å². The molecule has 0 spiro atoms. The van der Waals surface area contributed by atoms with E-state index >= 15 is 0 Å². The number of nitrogens with zero attached hydrogens (tertiary/aromatic N) is 4. The van der Waals surface area contributed by atoms with Crippen LogP contribution in [0, 0.1) is 5.41 Å². The zero-order valence-electron chi connectivity index (χ0n) is 17.3. The molecule has 0 N–H and O–H groups in total. The molecule has 1 aliphatic heterocycles. The van der Waals surface area contributed by atoms with Crippen LogP contribution in [0.4, 0.5) is 11.4 Å². The Hall–Kier alpha value is -2.38. The number of fused-ring (bicyclic) bond motifs is 1. The van der Waals surface area contributed by atoms with Crippen LogP contribution in [-0.2, 0) is 36.2 Å². The Labute approximate surface area is 181 Å². The second kappa shape index (κ2) is 8.55. The van der Waals surface area contributed by atoms with E-state index in [1.54, 1.807) is 25.1 Å². The summed E-state index contributed by atoms with van der Waals surface area (Å²) < 4.78 is 0. The minimum atomic E-state index is -1.63. The van der Waals surface area contributed by atoms with Gasteiger partial charge in [-0.3, -0.25) is 0 Å². The van der Waals surface area contributed by atoms with Crippen LogP contribution in [0.1, 0.15) is 48.0 Å². The first-order valence-corrected chi connectivity index (χ1v) is 8.99. The molecule has 156 valence electrons. The van der Waals surface area contributed by atoms with Gasteiger partial charge in [-0.15, -0.1) is 11.4 Å². The number of benzene rings is 1. The Kier molecular flexibility index (Phi) is 7.27. The summed E-state index contributed by atoms with van der Waals surface area (Å²) in [6, 6.07) is 6.39. The van der Waals surface area contributed by atoms with E-state index in [9.17, 15) is 19.2 Å². The average Bonchev–Trinajstić information content (AvgIpc) is 2.61. The van der Waals surface area contributed by atoms with Crippen LogP contribution in [0.2, 0.25) is 0 Å². The molecule has 1 aromatic carbocycles. The van der Waals surface area contributed by atoms with Crippen LogP contribution in [-0.4, -0.2) is 34.7 Å². The Morgan fingerprint density at radius 3 is 1.66 bits per heavy atom. The van der Waals surface area contributed by atoms with E-state index in [1.165, 1.54) is 40.7 Å². The second-order valence-electron chi connectivity index (χ2n) is 7.97. The molecule has 0 radical (unpaired) electrons. The fraction of sp³-hybridized carbons (Fsp3) is 0.500. The first-order chi connectivity index (χ1) is 12.8. The predicted molar refractivity (Wildman–Crippen MR) is 106 cm³/mol. The molecule has 2 rings (SSSR count). The molecule has 29 heavy (non-hydrogen) atoms. The van der Waals surface area contributed by atoms with E-state index in [2.05, 4.69) is 21.3 Å². The number of amides is 4. The second-order valence-corrected chi connectivity index (χ2v) is 7.97. The van der Waals surface area contributed by atoms with Crippen molar-refractivity contribution in [2.24, 2.45) is 5.41 Å². The Balaban J connectivity index is 0.00000420. The van der Waals surface area contributed by atoms with Gasteiger partial charge in [0.15, 0.2) is 0 Å². The number of hydrogen-bond acceptors (Lipinski definition) is 4. The molecule has 1 heterocycles. The third-order valence-corrected chi connectivity index (χ3v) is 4.80. The summed E-state index contributed by atoms with van der Waals surface area (Å²) in [5.74, 6) is -2.93. The van der Waals surface area contributed by atoms with Crippen molar-refractivity contribution in [3.63, 3.8) is 0 Å². The van der Waals surface area contributed by atoms with E-state index in [4.69, 9.17) is 0 Å². The van der Waals surface area contributed by atoms with Crippen molar-refractivity contribution in [2.45, 2.75) is 59.0 Å². The van der Waals surface area contributed by atoms with Gasteiger partial charge in [0.1, 0.15) is 0 Å². The fourth-order valence-electron chi connectivity index (χ4n) is 2.30. The van der Waals surface area contributed by atoms with Gasteiger partial charge >= 0.3 is 17.1 Å². The largest absolute Gasteiger partial charge is 4.00 e. The summed E-state index contributed by atoms with van der Waals surface area (Å²) >= 11 is 0. The smallest absolute Gasteiger partial charge is 0.643 e. The monoisotopic (exact) mass is 440 g/mol. The normalized spacial score (nSPS) is 24.1. The zero-order valence-corrected chi connectivity index (χ0v) is 18.4. The molecular formula is C20H24FeN4O4. The predicted octanol–water partition coefficient (Wildman–Crippen LogP) is 4.54. The maximum absolute atomic E-state index is 12.8. The van der Waals surface area contributed by atoms with Crippen LogP contribution in [0.3, 0.4) is 0 Å². The molecular weight excluding hydrogens is 416 g/mol. The standard InChI is InChI=1S/C20H28N4O4.Fe/c1-7-20(6)17(28)22-13-11-9-8-10-12(13)21-16(27)19(4,5)23-14(25)18(2,3)15(26)24-20;/h8-11H,7H2,1-6H3,(H4,21,22,23,24,25,26,27,28);/q;+4/p-4. The van der Waals surface area contributed by atoms with Gasteiger partial charge in [0.05, 0.1) is 11.8 Å². The van der Waals surface area contributed by atoms with Crippen molar-refractivity contribution in [1.82, 2.24) is 0 Å². The average molecular weight is 440 g/mol. The number of rotatable bonds is 1. The molecule has 0 fully saturated rings. The maximum Gasteiger partial charge on any atom is 4.00 e. The molecule has 1 atom stereocenters. The number of hydrogen-bond donors (Lipinski definition) is 0. The van der Waals surface area contributed by atoms with Crippen LogP contribution >= 0.6 is 0 Å². The molecule has 9 heteroatoms. The van der Waals surface area contributed by atoms with Crippen molar-refractivity contribution in [3.8, 4) is 0 Å². The molecule has 0 saturated carbocycles. The molecule has 0 saturated heterocycles. The van der Waals surface area contributed by atoms with Gasteiger partial charge in [-0.05, 0) is 13.8 Å². The van der Waals surface area contributed by atoms with Gasteiger partial charge in [0.25, 0.3) is 0 Å². The molecule has 1 unspecified atom stereocenters. The minimum Gasteiger partial charge on any atom is -0.643 e. The van der Waals surface area contributed by atoms with Crippen molar-refractivity contribution < 1.29 is 36.2 Å². The van der Waals surface area contributed by atoms with Crippen LogP contribution in [0.15, 0.2) is 24.3 Å². The molecule has 0 bridgehead atoms. The Bertz CT molecular complexity index is 838. The summed E-state index contributed by atoms with van der Waals surface area (Å²) in [5.41, 5.74) is -4.21. The van der Waals surface area contributed by atoms with Gasteiger partial charge in [0, 0.05) is 17.2 Å². The van der Waals surface area contributed by atoms with Crippen LogP contribution < -0.4 is 0 Å². The maximum atomic E-state index is 12.8. The van der Waals surface area contributed by atoms with E-state index in [0.29, 0.717) is 0 Å². The first kappa shape index (κ1) is 24.7. The van der Waals surface area contributed by atoms with E-state index < -0.39 is 40.1 Å². The summed E-state index contributed by atoms with van der Waals surface area (Å²) in [6.45, 7) is 8.81. The Morgan fingerprint density at radius 1 is 0.724 bits per heavy atom. The summed E-state index contributed by atoms with van der Waals surface area (Å²) in [6.07, 6.45) is 0.201. The third kappa shape index (κ3) is 4.97. The summed E-state index contributed by atoms with van der Waals surface area (Å²) in [7, 11) is 0.